The van der Waals surface area contributed by atoms with Crippen LogP contribution in [-0.4, -0.2) is 100 Å². The number of piperazine rings is 1. The molecule has 0 aliphatic carbocycles. The molecule has 178 valence electrons. The predicted molar refractivity (Wildman–Crippen MR) is 120 cm³/mol. The molecule has 1 atom stereocenters. The summed E-state index contributed by atoms with van der Waals surface area (Å²) in [6, 6.07) is 6.29. The molecular formula is C21H31N3O6S2. The lowest BCUT2D eigenvalue weighted by Gasteiger charge is -2.37. The monoisotopic (exact) mass is 485 g/mol. The predicted octanol–water partition coefficient (Wildman–Crippen LogP) is 0.571. The molecule has 11 heteroatoms. The number of sulfone groups is 1. The van der Waals surface area contributed by atoms with Gasteiger partial charge in [-0.1, -0.05) is 6.42 Å². The summed E-state index contributed by atoms with van der Waals surface area (Å²) in [6.07, 6.45) is 3.50. The van der Waals surface area contributed by atoms with E-state index in [1.807, 2.05) is 0 Å². The summed E-state index contributed by atoms with van der Waals surface area (Å²) >= 11 is 0. The van der Waals surface area contributed by atoms with Crippen LogP contribution in [0.5, 0.6) is 5.75 Å². The van der Waals surface area contributed by atoms with E-state index in [0.717, 1.165) is 19.3 Å². The highest BCUT2D eigenvalue weighted by Crippen LogP contribution is 2.23. The Morgan fingerprint density at radius 1 is 0.969 bits per heavy atom. The van der Waals surface area contributed by atoms with E-state index in [-0.39, 0.29) is 35.0 Å². The molecule has 9 nitrogen and oxygen atoms in total. The Labute approximate surface area is 190 Å². The van der Waals surface area contributed by atoms with Gasteiger partial charge in [-0.05, 0) is 43.5 Å². The van der Waals surface area contributed by atoms with Crippen LogP contribution in [0.25, 0.3) is 0 Å². The highest BCUT2D eigenvalue weighted by Gasteiger charge is 2.34. The van der Waals surface area contributed by atoms with Crippen molar-refractivity contribution in [1.29, 1.82) is 0 Å². The van der Waals surface area contributed by atoms with Crippen LogP contribution in [0.1, 0.15) is 25.7 Å². The Morgan fingerprint density at radius 3 is 2.22 bits per heavy atom. The van der Waals surface area contributed by atoms with Crippen LogP contribution in [0.3, 0.4) is 0 Å². The standard InChI is InChI=1S/C21H31N3O6S2/c25-21(23-13-11-22(12-14-23)18-8-15-31(26,27)17-18)16-30-19-4-6-20(7-5-19)32(28,29)24-9-2-1-3-10-24/h4-7,18H,1-3,8-17H2. The molecule has 0 bridgehead atoms. The molecule has 0 spiro atoms. The molecule has 32 heavy (non-hydrogen) atoms. The zero-order valence-electron chi connectivity index (χ0n) is 18.2. The Hall–Kier alpha value is -1.69. The van der Waals surface area contributed by atoms with Crippen LogP contribution in [0, 0.1) is 0 Å². The molecule has 3 heterocycles. The second kappa shape index (κ2) is 9.66. The number of ether oxygens (including phenoxy) is 1. The highest BCUT2D eigenvalue weighted by atomic mass is 32.2. The lowest BCUT2D eigenvalue weighted by atomic mass is 10.2. The van der Waals surface area contributed by atoms with E-state index >= 15 is 0 Å². The van der Waals surface area contributed by atoms with E-state index in [9.17, 15) is 21.6 Å². The highest BCUT2D eigenvalue weighted by molar-refractivity contribution is 7.91. The summed E-state index contributed by atoms with van der Waals surface area (Å²) in [7, 11) is -6.40. The first-order valence-electron chi connectivity index (χ1n) is 11.2. The number of hydrogen-bond donors (Lipinski definition) is 0. The van der Waals surface area contributed by atoms with Crippen LogP contribution in [-0.2, 0) is 24.7 Å². The first-order chi connectivity index (χ1) is 15.2. The number of piperidine rings is 1. The van der Waals surface area contributed by atoms with Gasteiger partial charge in [-0.25, -0.2) is 16.8 Å². The Morgan fingerprint density at radius 2 is 1.62 bits per heavy atom. The third-order valence-corrected chi connectivity index (χ3v) is 10.2. The fourth-order valence-corrected chi connectivity index (χ4v) is 7.88. The zero-order chi connectivity index (χ0) is 22.8. The van der Waals surface area contributed by atoms with Crippen molar-refractivity contribution < 1.29 is 26.4 Å². The minimum Gasteiger partial charge on any atom is -0.484 e. The maximum absolute atomic E-state index is 12.7. The van der Waals surface area contributed by atoms with Crippen LogP contribution >= 0.6 is 0 Å². The Kier molecular flexibility index (Phi) is 7.09. The molecule has 1 aromatic rings. The van der Waals surface area contributed by atoms with Gasteiger partial charge >= 0.3 is 0 Å². The van der Waals surface area contributed by atoms with Gasteiger partial charge in [-0.3, -0.25) is 9.69 Å². The molecular weight excluding hydrogens is 454 g/mol. The summed E-state index contributed by atoms with van der Waals surface area (Å²) < 4.78 is 55.9. The second-order valence-corrected chi connectivity index (χ2v) is 12.9. The van der Waals surface area contributed by atoms with Crippen molar-refractivity contribution in [2.24, 2.45) is 0 Å². The number of rotatable bonds is 6. The number of carbonyl (C=O) groups excluding carboxylic acids is 1. The van der Waals surface area contributed by atoms with E-state index < -0.39 is 19.9 Å². The fraction of sp³-hybridized carbons (Fsp3) is 0.667. The van der Waals surface area contributed by atoms with Crippen LogP contribution in [0.15, 0.2) is 29.2 Å². The van der Waals surface area contributed by atoms with Crippen molar-refractivity contribution in [3.05, 3.63) is 24.3 Å². The summed E-state index contributed by atoms with van der Waals surface area (Å²) in [5, 5.41) is 0. The van der Waals surface area contributed by atoms with Gasteiger partial charge in [-0.15, -0.1) is 0 Å². The molecule has 3 aliphatic rings. The molecule has 0 radical (unpaired) electrons. The zero-order valence-corrected chi connectivity index (χ0v) is 19.8. The van der Waals surface area contributed by atoms with E-state index in [1.54, 1.807) is 17.0 Å². The van der Waals surface area contributed by atoms with Crippen LogP contribution in [0.2, 0.25) is 0 Å². The van der Waals surface area contributed by atoms with Gasteiger partial charge in [0.15, 0.2) is 16.4 Å². The number of benzene rings is 1. The molecule has 3 aliphatic heterocycles. The normalized spacial score (nSPS) is 25.0. The van der Waals surface area contributed by atoms with Gasteiger partial charge in [-0.2, -0.15) is 4.31 Å². The van der Waals surface area contributed by atoms with Crippen molar-refractivity contribution >= 4 is 25.8 Å². The Balaban J connectivity index is 1.25. The molecule has 0 N–H and O–H groups in total. The molecule has 1 amide bonds. The number of nitrogens with zero attached hydrogens (tertiary/aromatic N) is 3. The van der Waals surface area contributed by atoms with E-state index in [1.165, 1.54) is 16.4 Å². The molecule has 4 rings (SSSR count). The van der Waals surface area contributed by atoms with Crippen molar-refractivity contribution in [3.63, 3.8) is 0 Å². The van der Waals surface area contributed by atoms with Crippen LogP contribution < -0.4 is 4.74 Å². The van der Waals surface area contributed by atoms with Crippen molar-refractivity contribution in [1.82, 2.24) is 14.1 Å². The minimum atomic E-state index is -3.49. The summed E-state index contributed by atoms with van der Waals surface area (Å²) in [4.78, 5) is 16.7. The summed E-state index contributed by atoms with van der Waals surface area (Å²) in [5.41, 5.74) is 0. The average molecular weight is 486 g/mol. The maximum Gasteiger partial charge on any atom is 0.260 e. The van der Waals surface area contributed by atoms with Crippen molar-refractivity contribution in [2.45, 2.75) is 36.6 Å². The smallest absolute Gasteiger partial charge is 0.260 e. The third kappa shape index (κ3) is 5.44. The summed E-state index contributed by atoms with van der Waals surface area (Å²) in [5.74, 6) is 0.787. The second-order valence-electron chi connectivity index (χ2n) is 8.70. The van der Waals surface area contributed by atoms with Gasteiger partial charge in [0.2, 0.25) is 10.0 Å². The van der Waals surface area contributed by atoms with Crippen LogP contribution in [0.4, 0.5) is 0 Å². The molecule has 1 unspecified atom stereocenters. The number of amides is 1. The molecule has 3 saturated heterocycles. The maximum atomic E-state index is 12.7. The van der Waals surface area contributed by atoms with E-state index in [4.69, 9.17) is 4.74 Å². The van der Waals surface area contributed by atoms with Crippen molar-refractivity contribution in [2.75, 3.05) is 57.4 Å². The van der Waals surface area contributed by atoms with E-state index in [0.29, 0.717) is 51.4 Å². The third-order valence-electron chi connectivity index (χ3n) is 6.53. The fourth-order valence-electron chi connectivity index (χ4n) is 4.60. The summed E-state index contributed by atoms with van der Waals surface area (Å²) in [6.45, 7) is 3.41. The lowest BCUT2D eigenvalue weighted by molar-refractivity contribution is -0.135. The first kappa shape index (κ1) is 23.5. The molecule has 1 aromatic carbocycles. The van der Waals surface area contributed by atoms with Gasteiger partial charge < -0.3 is 9.64 Å². The molecule has 3 fully saturated rings. The quantitative estimate of drug-likeness (QED) is 0.580. The number of hydrogen-bond acceptors (Lipinski definition) is 7. The van der Waals surface area contributed by atoms with Crippen molar-refractivity contribution in [3.8, 4) is 5.75 Å². The number of carbonyl (C=O) groups is 1. The Bertz CT molecular complexity index is 1010. The molecule has 0 aromatic heterocycles. The topological polar surface area (TPSA) is 104 Å². The van der Waals surface area contributed by atoms with Gasteiger partial charge in [0.1, 0.15) is 5.75 Å². The first-order valence-corrected chi connectivity index (χ1v) is 14.5. The SMILES string of the molecule is O=C(COc1ccc(S(=O)(=O)N2CCCCC2)cc1)N1CCN(C2CCS(=O)(=O)C2)CC1. The average Bonchev–Trinajstić information content (AvgIpc) is 3.18. The van der Waals surface area contributed by atoms with Gasteiger partial charge in [0.25, 0.3) is 5.91 Å². The van der Waals surface area contributed by atoms with Gasteiger partial charge in [0.05, 0.1) is 16.4 Å². The number of sulfonamides is 1. The molecule has 0 saturated carbocycles. The van der Waals surface area contributed by atoms with E-state index in [2.05, 4.69) is 4.90 Å². The van der Waals surface area contributed by atoms with Gasteiger partial charge in [0, 0.05) is 45.3 Å². The minimum absolute atomic E-state index is 0.0632. The lowest BCUT2D eigenvalue weighted by Crippen LogP contribution is -2.53. The largest absolute Gasteiger partial charge is 0.484 e.